The molecule has 0 atom stereocenters. The lowest BCUT2D eigenvalue weighted by molar-refractivity contribution is 0.625. The van der Waals surface area contributed by atoms with Crippen LogP contribution < -0.4 is 0 Å². The minimum absolute atomic E-state index is 0.237. The van der Waals surface area contributed by atoms with Gasteiger partial charge in [0.15, 0.2) is 5.16 Å². The number of rotatable bonds is 3. The quantitative estimate of drug-likeness (QED) is 0.639. The first-order valence-electron chi connectivity index (χ1n) is 4.59. The molecule has 82 valence electrons. The van der Waals surface area contributed by atoms with E-state index in [0.717, 1.165) is 10.0 Å². The van der Waals surface area contributed by atoms with Gasteiger partial charge >= 0.3 is 0 Å². The van der Waals surface area contributed by atoms with Crippen LogP contribution in [0.2, 0.25) is 0 Å². The van der Waals surface area contributed by atoms with E-state index >= 15 is 0 Å². The molecule has 2 rings (SSSR count). The van der Waals surface area contributed by atoms with Crippen LogP contribution in [0.4, 0.5) is 4.39 Å². The molecule has 2 aromatic rings. The molecule has 0 fully saturated rings. The highest BCUT2D eigenvalue weighted by molar-refractivity contribution is 9.10. The van der Waals surface area contributed by atoms with Gasteiger partial charge in [0.1, 0.15) is 5.82 Å². The molecule has 0 aliphatic carbocycles. The van der Waals surface area contributed by atoms with E-state index in [0.29, 0.717) is 10.9 Å². The molecule has 0 bridgehead atoms. The van der Waals surface area contributed by atoms with Crippen LogP contribution in [-0.2, 0) is 5.75 Å². The van der Waals surface area contributed by atoms with E-state index < -0.39 is 0 Å². The lowest BCUT2D eigenvalue weighted by Gasteiger charge is -2.01. The number of hydrogen-bond donors (Lipinski definition) is 0. The van der Waals surface area contributed by atoms with Gasteiger partial charge in [-0.3, -0.25) is 0 Å². The molecule has 0 unspecified atom stereocenters. The Morgan fingerprint density at radius 3 is 2.62 bits per heavy atom. The summed E-state index contributed by atoms with van der Waals surface area (Å²) in [6.07, 6.45) is 3.38. The molecule has 0 aliphatic heterocycles. The summed E-state index contributed by atoms with van der Waals surface area (Å²) >= 11 is 4.74. The largest absolute Gasteiger partial charge is 0.231 e. The predicted molar refractivity (Wildman–Crippen MR) is 65.7 cm³/mol. The molecule has 0 aliphatic rings. The van der Waals surface area contributed by atoms with E-state index in [1.165, 1.54) is 23.9 Å². The summed E-state index contributed by atoms with van der Waals surface area (Å²) in [5.41, 5.74) is 0.907. The molecule has 2 nitrogen and oxygen atoms in total. The summed E-state index contributed by atoms with van der Waals surface area (Å²) in [4.78, 5) is 8.17. The van der Waals surface area contributed by atoms with Gasteiger partial charge in [-0.25, -0.2) is 14.4 Å². The van der Waals surface area contributed by atoms with Gasteiger partial charge in [-0.15, -0.1) is 0 Å². The molecule has 0 amide bonds. The van der Waals surface area contributed by atoms with Crippen molar-refractivity contribution in [1.29, 1.82) is 0 Å². The van der Waals surface area contributed by atoms with Crippen LogP contribution in [0.3, 0.4) is 0 Å². The van der Waals surface area contributed by atoms with E-state index in [9.17, 15) is 4.39 Å². The van der Waals surface area contributed by atoms with E-state index in [1.807, 2.05) is 6.07 Å². The fourth-order valence-corrected chi connectivity index (χ4v) is 2.45. The van der Waals surface area contributed by atoms with Crippen LogP contribution in [0, 0.1) is 5.82 Å². The summed E-state index contributed by atoms with van der Waals surface area (Å²) in [7, 11) is 0. The molecule has 1 aromatic carbocycles. The number of benzene rings is 1. The molecule has 0 saturated carbocycles. The first-order chi connectivity index (χ1) is 7.74. The molecule has 0 N–H and O–H groups in total. The van der Waals surface area contributed by atoms with Crippen molar-refractivity contribution in [2.24, 2.45) is 0 Å². The van der Waals surface area contributed by atoms with Gasteiger partial charge in [0.2, 0.25) is 0 Å². The minimum atomic E-state index is -0.237. The summed E-state index contributed by atoms with van der Waals surface area (Å²) in [5, 5.41) is 0.697. The Morgan fingerprint density at radius 2 is 1.94 bits per heavy atom. The second-order valence-electron chi connectivity index (χ2n) is 3.10. The minimum Gasteiger partial charge on any atom is -0.231 e. The van der Waals surface area contributed by atoms with E-state index in [4.69, 9.17) is 0 Å². The SMILES string of the molecule is Fc1cc(Br)cc(CSc2ncccn2)c1. The van der Waals surface area contributed by atoms with Crippen LogP contribution >= 0.6 is 27.7 Å². The first kappa shape index (κ1) is 11.5. The Bertz CT molecular complexity index is 458. The topological polar surface area (TPSA) is 25.8 Å². The van der Waals surface area contributed by atoms with Crippen molar-refractivity contribution in [1.82, 2.24) is 9.97 Å². The Labute approximate surface area is 105 Å². The summed E-state index contributed by atoms with van der Waals surface area (Å²) in [6.45, 7) is 0. The fraction of sp³-hybridized carbons (Fsp3) is 0.0909. The van der Waals surface area contributed by atoms with Crippen LogP contribution in [0.25, 0.3) is 0 Å². The lowest BCUT2D eigenvalue weighted by Crippen LogP contribution is -1.87. The number of thioether (sulfide) groups is 1. The molecule has 0 spiro atoms. The molecule has 1 heterocycles. The maximum Gasteiger partial charge on any atom is 0.187 e. The Balaban J connectivity index is 2.05. The Kier molecular flexibility index (Phi) is 3.90. The van der Waals surface area contributed by atoms with Gasteiger partial charge in [-0.2, -0.15) is 0 Å². The van der Waals surface area contributed by atoms with Crippen LogP contribution in [0.5, 0.6) is 0 Å². The molecule has 0 radical (unpaired) electrons. The maximum atomic E-state index is 13.1. The van der Waals surface area contributed by atoms with Crippen LogP contribution in [-0.4, -0.2) is 9.97 Å². The average Bonchev–Trinajstić information content (AvgIpc) is 2.27. The van der Waals surface area contributed by atoms with Crippen molar-refractivity contribution in [2.75, 3.05) is 0 Å². The highest BCUT2D eigenvalue weighted by Crippen LogP contribution is 2.22. The fourth-order valence-electron chi connectivity index (χ4n) is 1.20. The highest BCUT2D eigenvalue weighted by atomic mass is 79.9. The van der Waals surface area contributed by atoms with E-state index in [1.54, 1.807) is 18.5 Å². The van der Waals surface area contributed by atoms with Crippen molar-refractivity contribution in [3.05, 3.63) is 52.5 Å². The monoisotopic (exact) mass is 298 g/mol. The van der Waals surface area contributed by atoms with Gasteiger partial charge in [0, 0.05) is 22.6 Å². The van der Waals surface area contributed by atoms with Crippen molar-refractivity contribution in [3.8, 4) is 0 Å². The Morgan fingerprint density at radius 1 is 1.19 bits per heavy atom. The zero-order valence-corrected chi connectivity index (χ0v) is 10.6. The van der Waals surface area contributed by atoms with E-state index in [-0.39, 0.29) is 5.82 Å². The normalized spacial score (nSPS) is 10.4. The van der Waals surface area contributed by atoms with Crippen molar-refractivity contribution < 1.29 is 4.39 Å². The second kappa shape index (κ2) is 5.41. The van der Waals surface area contributed by atoms with Crippen molar-refractivity contribution >= 4 is 27.7 Å². The Hall–Kier alpha value is -0.940. The van der Waals surface area contributed by atoms with Gasteiger partial charge in [-0.1, -0.05) is 27.7 Å². The number of aromatic nitrogens is 2. The molecule has 16 heavy (non-hydrogen) atoms. The molecular formula is C11H8BrFN2S. The van der Waals surface area contributed by atoms with Crippen LogP contribution in [0.1, 0.15) is 5.56 Å². The zero-order valence-electron chi connectivity index (χ0n) is 8.23. The molecule has 1 aromatic heterocycles. The van der Waals surface area contributed by atoms with Gasteiger partial charge in [0.05, 0.1) is 0 Å². The number of nitrogens with zero attached hydrogens (tertiary/aromatic N) is 2. The first-order valence-corrected chi connectivity index (χ1v) is 6.37. The van der Waals surface area contributed by atoms with Gasteiger partial charge in [-0.05, 0) is 29.8 Å². The highest BCUT2D eigenvalue weighted by Gasteiger charge is 2.01. The van der Waals surface area contributed by atoms with Crippen molar-refractivity contribution in [3.63, 3.8) is 0 Å². The zero-order chi connectivity index (χ0) is 11.4. The predicted octanol–water partition coefficient (Wildman–Crippen LogP) is 3.67. The van der Waals surface area contributed by atoms with Gasteiger partial charge < -0.3 is 0 Å². The number of halogens is 2. The van der Waals surface area contributed by atoms with Crippen LogP contribution in [0.15, 0.2) is 46.3 Å². The average molecular weight is 299 g/mol. The standard InChI is InChI=1S/C11H8BrFN2S/c12-9-4-8(5-10(13)6-9)7-16-11-14-2-1-3-15-11/h1-6H,7H2. The molecule has 5 heteroatoms. The summed E-state index contributed by atoms with van der Waals surface area (Å²) < 4.78 is 13.8. The smallest absolute Gasteiger partial charge is 0.187 e. The molecule has 0 saturated heterocycles. The maximum absolute atomic E-state index is 13.1. The summed E-state index contributed by atoms with van der Waals surface area (Å²) in [5.74, 6) is 0.416. The van der Waals surface area contributed by atoms with Gasteiger partial charge in [0.25, 0.3) is 0 Å². The third kappa shape index (κ3) is 3.28. The molecular weight excluding hydrogens is 291 g/mol. The summed E-state index contributed by atoms with van der Waals surface area (Å²) in [6, 6.07) is 6.61. The third-order valence-corrected chi connectivity index (χ3v) is 3.24. The lowest BCUT2D eigenvalue weighted by atomic mass is 10.2. The number of hydrogen-bond acceptors (Lipinski definition) is 3. The van der Waals surface area contributed by atoms with Crippen molar-refractivity contribution in [2.45, 2.75) is 10.9 Å². The van der Waals surface area contributed by atoms with E-state index in [2.05, 4.69) is 25.9 Å². The second-order valence-corrected chi connectivity index (χ2v) is 4.96. The third-order valence-electron chi connectivity index (χ3n) is 1.83.